The summed E-state index contributed by atoms with van der Waals surface area (Å²) in [5, 5.41) is 10.4. The maximum absolute atomic E-state index is 12.2. The molecule has 3 rings (SSSR count). The van der Waals surface area contributed by atoms with Crippen LogP contribution in [-0.2, 0) is 36.5 Å². The highest BCUT2D eigenvalue weighted by Crippen LogP contribution is 2.57. The van der Waals surface area contributed by atoms with Gasteiger partial charge >= 0.3 is 11.9 Å². The van der Waals surface area contributed by atoms with Crippen molar-refractivity contribution in [2.45, 2.75) is 83.7 Å². The zero-order chi connectivity index (χ0) is 22.2. The van der Waals surface area contributed by atoms with Crippen LogP contribution in [0.1, 0.15) is 82.9 Å². The smallest absolute Gasteiger partial charge is 0.306 e. The Kier molecular flexibility index (Phi) is 6.33. The van der Waals surface area contributed by atoms with Crippen molar-refractivity contribution in [3.05, 3.63) is 34.9 Å². The van der Waals surface area contributed by atoms with Crippen LogP contribution in [0.3, 0.4) is 0 Å². The molecule has 3 atom stereocenters. The lowest BCUT2D eigenvalue weighted by Gasteiger charge is -2.55. The molecule has 1 aromatic carbocycles. The summed E-state index contributed by atoms with van der Waals surface area (Å²) in [6, 6.07) is 6.45. The normalized spacial score (nSPS) is 28.3. The minimum absolute atomic E-state index is 0.0388. The van der Waals surface area contributed by atoms with Gasteiger partial charge in [-0.1, -0.05) is 38.5 Å². The lowest BCUT2D eigenvalue weighted by atomic mass is 9.50. The minimum Gasteiger partial charge on any atom is -0.469 e. The third-order valence-electron chi connectivity index (χ3n) is 7.51. The molecule has 0 unspecified atom stereocenters. The molecule has 1 fully saturated rings. The largest absolute Gasteiger partial charge is 0.469 e. The lowest BCUT2D eigenvalue weighted by Crippen LogP contribution is -2.51. The number of methoxy groups -OCH3 is 1. The van der Waals surface area contributed by atoms with Gasteiger partial charge in [0.15, 0.2) is 0 Å². The number of carbonyl (C=O) groups is 2. The molecule has 0 saturated heterocycles. The van der Waals surface area contributed by atoms with E-state index in [2.05, 4.69) is 36.8 Å². The molecule has 30 heavy (non-hydrogen) atoms. The van der Waals surface area contributed by atoms with Gasteiger partial charge in [-0.3, -0.25) is 9.59 Å². The molecule has 2 aliphatic rings. The van der Waals surface area contributed by atoms with E-state index in [1.54, 1.807) is 0 Å². The van der Waals surface area contributed by atoms with E-state index in [1.807, 2.05) is 13.8 Å². The quantitative estimate of drug-likeness (QED) is 0.695. The molecule has 0 radical (unpaired) electrons. The molecule has 1 aromatic rings. The van der Waals surface area contributed by atoms with Crippen molar-refractivity contribution < 1.29 is 24.2 Å². The van der Waals surface area contributed by atoms with Gasteiger partial charge in [0.25, 0.3) is 0 Å². The van der Waals surface area contributed by atoms with Crippen LogP contribution in [-0.4, -0.2) is 30.8 Å². The highest BCUT2D eigenvalue weighted by molar-refractivity contribution is 5.77. The monoisotopic (exact) mass is 416 g/mol. The molecule has 1 N–H and O–H groups in total. The topological polar surface area (TPSA) is 72.8 Å². The number of ether oxygens (including phenoxy) is 2. The van der Waals surface area contributed by atoms with Crippen molar-refractivity contribution in [1.29, 1.82) is 0 Å². The van der Waals surface area contributed by atoms with Gasteiger partial charge < -0.3 is 14.6 Å². The summed E-state index contributed by atoms with van der Waals surface area (Å²) >= 11 is 0. The van der Waals surface area contributed by atoms with Crippen LogP contribution in [0, 0.1) is 11.3 Å². The van der Waals surface area contributed by atoms with Crippen LogP contribution in [0.4, 0.5) is 0 Å². The second-order valence-electron chi connectivity index (χ2n) is 10.2. The van der Waals surface area contributed by atoms with Crippen molar-refractivity contribution in [1.82, 2.24) is 0 Å². The predicted octanol–water partition coefficient (Wildman–Crippen LogP) is 4.42. The fraction of sp³-hybridized carbons (Fsp3) is 0.680. The van der Waals surface area contributed by atoms with Crippen molar-refractivity contribution in [3.63, 3.8) is 0 Å². The van der Waals surface area contributed by atoms with Gasteiger partial charge in [0, 0.05) is 5.41 Å². The first-order valence-corrected chi connectivity index (χ1v) is 11.1. The van der Waals surface area contributed by atoms with E-state index in [1.165, 1.54) is 18.2 Å². The van der Waals surface area contributed by atoms with E-state index >= 15 is 0 Å². The molecule has 1 saturated carbocycles. The Hall–Kier alpha value is -1.88. The van der Waals surface area contributed by atoms with Gasteiger partial charge in [-0.2, -0.15) is 0 Å². The molecule has 0 bridgehead atoms. The number of carbonyl (C=O) groups excluding carboxylic acids is 2. The minimum atomic E-state index is -0.841. The van der Waals surface area contributed by atoms with E-state index in [-0.39, 0.29) is 29.6 Å². The number of benzene rings is 1. The van der Waals surface area contributed by atoms with Gasteiger partial charge in [-0.05, 0) is 67.6 Å². The zero-order valence-corrected chi connectivity index (χ0v) is 19.0. The highest BCUT2D eigenvalue weighted by atomic mass is 16.5. The van der Waals surface area contributed by atoms with Crippen LogP contribution in [0.5, 0.6) is 0 Å². The first-order chi connectivity index (χ1) is 14.0. The number of esters is 2. The molecule has 0 aliphatic heterocycles. The predicted molar refractivity (Wildman–Crippen MR) is 115 cm³/mol. The molecule has 0 heterocycles. The molecule has 166 valence electrons. The lowest BCUT2D eigenvalue weighted by molar-refractivity contribution is -0.154. The van der Waals surface area contributed by atoms with Crippen molar-refractivity contribution >= 4 is 11.9 Å². The average Bonchev–Trinajstić information content (AvgIpc) is 2.69. The van der Waals surface area contributed by atoms with Crippen molar-refractivity contribution in [2.75, 3.05) is 13.7 Å². The summed E-state index contributed by atoms with van der Waals surface area (Å²) in [5.41, 5.74) is 2.80. The maximum Gasteiger partial charge on any atom is 0.306 e. The Balaban J connectivity index is 1.77. The average molecular weight is 417 g/mol. The zero-order valence-electron chi connectivity index (χ0n) is 19.0. The number of aryl methyl sites for hydroxylation is 1. The molecule has 5 nitrogen and oxygen atoms in total. The van der Waals surface area contributed by atoms with E-state index in [0.29, 0.717) is 12.5 Å². The summed E-state index contributed by atoms with van der Waals surface area (Å²) < 4.78 is 10.2. The summed E-state index contributed by atoms with van der Waals surface area (Å²) in [6.07, 6.45) is 5.40. The standard InChI is InChI=1S/C25H36O5/c1-23(2,28)18-8-9-19-17(15-18)7-10-20-24(3,13-6-14-25(19,20)4)16-30-22(27)12-11-21(26)29-5/h8-9,15,20,28H,6-7,10-14,16H2,1-5H3/t20-,24-,25+/m0/s1. The van der Waals surface area contributed by atoms with E-state index in [4.69, 9.17) is 4.74 Å². The Morgan fingerprint density at radius 1 is 1.17 bits per heavy atom. The molecular formula is C25H36O5. The fourth-order valence-electron chi connectivity index (χ4n) is 5.80. The number of aliphatic hydroxyl groups is 1. The van der Waals surface area contributed by atoms with Crippen LogP contribution in [0.25, 0.3) is 0 Å². The first kappa shape index (κ1) is 22.8. The van der Waals surface area contributed by atoms with E-state index in [9.17, 15) is 14.7 Å². The Morgan fingerprint density at radius 2 is 1.87 bits per heavy atom. The Bertz CT molecular complexity index is 808. The summed E-state index contributed by atoms with van der Waals surface area (Å²) in [4.78, 5) is 23.4. The van der Waals surface area contributed by atoms with E-state index in [0.717, 1.165) is 37.7 Å². The van der Waals surface area contributed by atoms with Gasteiger partial charge in [0.2, 0.25) is 0 Å². The van der Waals surface area contributed by atoms with Gasteiger partial charge in [-0.15, -0.1) is 0 Å². The molecule has 0 spiro atoms. The molecule has 0 aromatic heterocycles. The highest BCUT2D eigenvalue weighted by Gasteiger charge is 2.52. The number of hydrogen-bond donors (Lipinski definition) is 1. The van der Waals surface area contributed by atoms with Gasteiger partial charge in [-0.25, -0.2) is 0 Å². The number of hydrogen-bond acceptors (Lipinski definition) is 5. The Morgan fingerprint density at radius 3 is 2.53 bits per heavy atom. The number of fused-ring (bicyclic) bond motifs is 3. The summed E-state index contributed by atoms with van der Waals surface area (Å²) in [7, 11) is 1.32. The Labute approximate surface area is 180 Å². The van der Waals surface area contributed by atoms with Crippen LogP contribution in [0.2, 0.25) is 0 Å². The molecule has 0 amide bonds. The van der Waals surface area contributed by atoms with Crippen LogP contribution >= 0.6 is 0 Å². The van der Waals surface area contributed by atoms with Crippen molar-refractivity contribution in [3.8, 4) is 0 Å². The van der Waals surface area contributed by atoms with Crippen LogP contribution < -0.4 is 0 Å². The second-order valence-corrected chi connectivity index (χ2v) is 10.2. The summed E-state index contributed by atoms with van der Waals surface area (Å²) in [5.74, 6) is -0.301. The maximum atomic E-state index is 12.2. The summed E-state index contributed by atoms with van der Waals surface area (Å²) in [6.45, 7) is 8.65. The van der Waals surface area contributed by atoms with Gasteiger partial charge in [0.1, 0.15) is 0 Å². The van der Waals surface area contributed by atoms with Crippen LogP contribution in [0.15, 0.2) is 18.2 Å². The van der Waals surface area contributed by atoms with Gasteiger partial charge in [0.05, 0.1) is 32.2 Å². The molecule has 2 aliphatic carbocycles. The second kappa shape index (κ2) is 8.33. The first-order valence-electron chi connectivity index (χ1n) is 11.1. The SMILES string of the molecule is COC(=O)CCC(=O)OC[C@]1(C)CCC[C@]2(C)c3ccc(C(C)(C)O)cc3CC[C@@H]12. The third kappa shape index (κ3) is 4.41. The molecular weight excluding hydrogens is 380 g/mol. The molecule has 5 heteroatoms. The fourth-order valence-corrected chi connectivity index (χ4v) is 5.80. The number of rotatable bonds is 6. The van der Waals surface area contributed by atoms with Crippen molar-refractivity contribution in [2.24, 2.45) is 11.3 Å². The third-order valence-corrected chi connectivity index (χ3v) is 7.51. The van der Waals surface area contributed by atoms with E-state index < -0.39 is 11.6 Å².